The molecule has 2 aromatic carbocycles. The number of fused-ring (bicyclic) bond motifs is 1. The van der Waals surface area contributed by atoms with Crippen LogP contribution in [0.25, 0.3) is 10.2 Å². The van der Waals surface area contributed by atoms with E-state index in [1.54, 1.807) is 18.9 Å². The highest BCUT2D eigenvalue weighted by atomic mass is 32.1. The molecule has 0 N–H and O–H groups in total. The number of ether oxygens (including phenoxy) is 1. The second kappa shape index (κ2) is 7.42. The number of aryl methyl sites for hydroxylation is 1. The number of anilines is 1. The van der Waals surface area contributed by atoms with E-state index in [0.29, 0.717) is 22.2 Å². The number of hydrogen-bond acceptors (Lipinski definition) is 7. The summed E-state index contributed by atoms with van der Waals surface area (Å²) in [7, 11) is 1.62. The Morgan fingerprint density at radius 3 is 2.70 bits per heavy atom. The number of methoxy groups -OCH3 is 1. The van der Waals surface area contributed by atoms with Crippen molar-refractivity contribution in [2.45, 2.75) is 13.5 Å². The van der Waals surface area contributed by atoms with Gasteiger partial charge < -0.3 is 4.74 Å². The number of amides is 1. The lowest BCUT2D eigenvalue weighted by atomic mass is 10.2. The monoisotopic (exact) mass is 396 g/mol. The molecule has 4 rings (SSSR count). The molecule has 2 aromatic heterocycles. The maximum atomic E-state index is 13.2. The zero-order valence-corrected chi connectivity index (χ0v) is 16.4. The van der Waals surface area contributed by atoms with Gasteiger partial charge in [-0.25, -0.2) is 4.98 Å². The van der Waals surface area contributed by atoms with Crippen LogP contribution in [0.5, 0.6) is 5.75 Å². The first-order valence-electron chi connectivity index (χ1n) is 8.25. The first-order valence-corrected chi connectivity index (χ1v) is 9.84. The van der Waals surface area contributed by atoms with Gasteiger partial charge in [0.15, 0.2) is 5.13 Å². The van der Waals surface area contributed by atoms with Crippen molar-refractivity contribution in [3.8, 4) is 5.75 Å². The Bertz CT molecular complexity index is 1090. The van der Waals surface area contributed by atoms with Crippen LogP contribution in [0.3, 0.4) is 0 Å². The number of hydrogen-bond donors (Lipinski definition) is 0. The molecular formula is C19H16N4O2S2. The van der Waals surface area contributed by atoms with Crippen LogP contribution in [0, 0.1) is 6.92 Å². The Morgan fingerprint density at radius 2 is 2.00 bits per heavy atom. The Kier molecular flexibility index (Phi) is 4.83. The third kappa shape index (κ3) is 3.54. The fourth-order valence-electron chi connectivity index (χ4n) is 2.68. The fourth-order valence-corrected chi connectivity index (χ4v) is 4.23. The molecule has 8 heteroatoms. The predicted molar refractivity (Wildman–Crippen MR) is 108 cm³/mol. The van der Waals surface area contributed by atoms with E-state index in [1.165, 1.54) is 11.3 Å². The summed E-state index contributed by atoms with van der Waals surface area (Å²) in [6.07, 6.45) is 0. The van der Waals surface area contributed by atoms with Gasteiger partial charge in [0.2, 0.25) is 0 Å². The van der Waals surface area contributed by atoms with E-state index in [1.807, 2.05) is 48.5 Å². The predicted octanol–water partition coefficient (Wildman–Crippen LogP) is 4.31. The van der Waals surface area contributed by atoms with Crippen LogP contribution >= 0.6 is 22.9 Å². The SMILES string of the molecule is COc1ccc2sc(N(Cc3ccccc3)C(=O)c3snnc3C)nc2c1. The first-order chi connectivity index (χ1) is 13.2. The second-order valence-corrected chi connectivity index (χ2v) is 7.66. The number of rotatable bonds is 5. The van der Waals surface area contributed by atoms with Gasteiger partial charge in [-0.05, 0) is 36.2 Å². The Morgan fingerprint density at radius 1 is 1.19 bits per heavy atom. The number of nitrogens with zero attached hydrogens (tertiary/aromatic N) is 4. The fraction of sp³-hybridized carbons (Fsp3) is 0.158. The van der Waals surface area contributed by atoms with E-state index >= 15 is 0 Å². The molecule has 0 aliphatic carbocycles. The average molecular weight is 396 g/mol. The molecule has 0 bridgehead atoms. The summed E-state index contributed by atoms with van der Waals surface area (Å²) in [5.74, 6) is 0.597. The van der Waals surface area contributed by atoms with Crippen LogP contribution < -0.4 is 9.64 Å². The molecule has 0 radical (unpaired) electrons. The van der Waals surface area contributed by atoms with E-state index in [4.69, 9.17) is 4.74 Å². The summed E-state index contributed by atoms with van der Waals surface area (Å²) in [6, 6.07) is 15.6. The molecule has 0 saturated heterocycles. The molecule has 27 heavy (non-hydrogen) atoms. The van der Waals surface area contributed by atoms with Gasteiger partial charge in [0, 0.05) is 6.07 Å². The normalized spacial score (nSPS) is 10.9. The lowest BCUT2D eigenvalue weighted by Gasteiger charge is -2.19. The van der Waals surface area contributed by atoms with Crippen LogP contribution in [0.2, 0.25) is 0 Å². The van der Waals surface area contributed by atoms with Gasteiger partial charge in [0.05, 0.1) is 29.6 Å². The molecule has 0 unspecified atom stereocenters. The number of benzene rings is 2. The molecule has 1 amide bonds. The van der Waals surface area contributed by atoms with Crippen LogP contribution in [0.1, 0.15) is 20.9 Å². The summed E-state index contributed by atoms with van der Waals surface area (Å²) < 4.78 is 10.2. The van der Waals surface area contributed by atoms with Crippen molar-refractivity contribution in [1.82, 2.24) is 14.6 Å². The van der Waals surface area contributed by atoms with E-state index in [0.717, 1.165) is 33.1 Å². The van der Waals surface area contributed by atoms with E-state index in [-0.39, 0.29) is 5.91 Å². The van der Waals surface area contributed by atoms with E-state index < -0.39 is 0 Å². The summed E-state index contributed by atoms with van der Waals surface area (Å²) in [6.45, 7) is 2.22. The molecule has 0 spiro atoms. The van der Waals surface area contributed by atoms with Gasteiger partial charge in [-0.3, -0.25) is 9.69 Å². The minimum Gasteiger partial charge on any atom is -0.497 e. The van der Waals surface area contributed by atoms with Crippen molar-refractivity contribution in [3.63, 3.8) is 0 Å². The molecule has 0 atom stereocenters. The summed E-state index contributed by atoms with van der Waals surface area (Å²) in [5, 5.41) is 4.61. The van der Waals surface area contributed by atoms with Crippen LogP contribution in [0.15, 0.2) is 48.5 Å². The summed E-state index contributed by atoms with van der Waals surface area (Å²) in [4.78, 5) is 20.1. The van der Waals surface area contributed by atoms with Crippen molar-refractivity contribution in [1.29, 1.82) is 0 Å². The van der Waals surface area contributed by atoms with Crippen molar-refractivity contribution in [2.24, 2.45) is 0 Å². The van der Waals surface area contributed by atoms with Crippen molar-refractivity contribution < 1.29 is 9.53 Å². The van der Waals surface area contributed by atoms with E-state index in [9.17, 15) is 4.79 Å². The Balaban J connectivity index is 1.77. The zero-order valence-electron chi connectivity index (χ0n) is 14.7. The lowest BCUT2D eigenvalue weighted by molar-refractivity contribution is 0.0988. The Hall–Kier alpha value is -2.84. The third-order valence-corrected chi connectivity index (χ3v) is 5.96. The summed E-state index contributed by atoms with van der Waals surface area (Å²) in [5.41, 5.74) is 2.46. The minimum absolute atomic E-state index is 0.141. The maximum Gasteiger partial charge on any atom is 0.274 e. The minimum atomic E-state index is -0.141. The standard InChI is InChI=1S/C19H16N4O2S2/c1-12-17(27-22-21-12)18(24)23(11-13-6-4-3-5-7-13)19-20-15-10-14(25-2)8-9-16(15)26-19/h3-10H,11H2,1-2H3. The van der Waals surface area contributed by atoms with Crippen LogP contribution in [-0.2, 0) is 6.54 Å². The van der Waals surface area contributed by atoms with Crippen molar-refractivity contribution >= 4 is 44.1 Å². The van der Waals surface area contributed by atoms with E-state index in [2.05, 4.69) is 14.6 Å². The maximum absolute atomic E-state index is 13.2. The van der Waals surface area contributed by atoms with Gasteiger partial charge in [0.25, 0.3) is 5.91 Å². The molecule has 6 nitrogen and oxygen atoms in total. The molecule has 0 aliphatic heterocycles. The second-order valence-electron chi connectivity index (χ2n) is 5.89. The highest BCUT2D eigenvalue weighted by Crippen LogP contribution is 2.33. The highest BCUT2D eigenvalue weighted by molar-refractivity contribution is 7.22. The highest BCUT2D eigenvalue weighted by Gasteiger charge is 2.25. The smallest absolute Gasteiger partial charge is 0.274 e. The van der Waals surface area contributed by atoms with Crippen LogP contribution in [0.4, 0.5) is 5.13 Å². The molecular weight excluding hydrogens is 380 g/mol. The Labute approximate surface area is 164 Å². The average Bonchev–Trinajstić information content (AvgIpc) is 3.31. The number of thiazole rings is 1. The molecule has 0 fully saturated rings. The first kappa shape index (κ1) is 17.6. The molecule has 0 aliphatic rings. The summed E-state index contributed by atoms with van der Waals surface area (Å²) >= 11 is 2.59. The molecule has 0 saturated carbocycles. The van der Waals surface area contributed by atoms with Crippen molar-refractivity contribution in [2.75, 3.05) is 12.0 Å². The quantitative estimate of drug-likeness (QED) is 0.503. The van der Waals surface area contributed by atoms with Gasteiger partial charge in [0.1, 0.15) is 10.6 Å². The molecule has 2 heterocycles. The van der Waals surface area contributed by atoms with Gasteiger partial charge >= 0.3 is 0 Å². The van der Waals surface area contributed by atoms with Gasteiger partial charge in [-0.1, -0.05) is 46.2 Å². The molecule has 136 valence electrons. The topological polar surface area (TPSA) is 68.2 Å². The lowest BCUT2D eigenvalue weighted by Crippen LogP contribution is -2.30. The number of carbonyl (C=O) groups is 1. The largest absolute Gasteiger partial charge is 0.497 e. The zero-order chi connectivity index (χ0) is 18.8. The third-order valence-electron chi connectivity index (χ3n) is 4.09. The van der Waals surface area contributed by atoms with Gasteiger partial charge in [-0.15, -0.1) is 5.10 Å². The number of carbonyl (C=O) groups excluding carboxylic acids is 1. The number of aromatic nitrogens is 3. The van der Waals surface area contributed by atoms with Crippen molar-refractivity contribution in [3.05, 3.63) is 64.7 Å². The molecule has 4 aromatic rings. The van der Waals surface area contributed by atoms with Crippen LogP contribution in [-0.4, -0.2) is 27.6 Å². The van der Waals surface area contributed by atoms with Gasteiger partial charge in [-0.2, -0.15) is 0 Å².